The molecule has 0 heterocycles. The van der Waals surface area contributed by atoms with E-state index >= 15 is 0 Å². The van der Waals surface area contributed by atoms with Gasteiger partial charge in [0.25, 0.3) is 0 Å². The summed E-state index contributed by atoms with van der Waals surface area (Å²) in [5.41, 5.74) is 0.0519. The molecule has 0 bridgehead atoms. The molecule has 0 unspecified atom stereocenters. The lowest BCUT2D eigenvalue weighted by Gasteiger charge is -2.05. The molecule has 1 aromatic rings. The lowest BCUT2D eigenvalue weighted by atomic mass is 10.1. The molecule has 0 spiro atoms. The Balaban J connectivity index is 2.51. The number of unbranched alkanes of at least 4 members (excludes halogenated alkanes) is 1. The zero-order chi connectivity index (χ0) is 12.7. The molecule has 1 rings (SSSR count). The number of alkyl halides is 3. The number of halogens is 3. The molecule has 0 aliphatic rings. The minimum absolute atomic E-state index is 0.633. The number of ether oxygens (including phenoxy) is 1. The van der Waals surface area contributed by atoms with Crippen LogP contribution >= 0.6 is 0 Å². The van der Waals surface area contributed by atoms with Gasteiger partial charge in [-0.25, -0.2) is 0 Å². The average Bonchev–Trinajstić information content (AvgIpc) is 2.28. The van der Waals surface area contributed by atoms with Crippen LogP contribution in [0.25, 0.3) is 6.08 Å². The zero-order valence-corrected chi connectivity index (χ0v) is 9.63. The molecule has 0 saturated heterocycles. The summed E-state index contributed by atoms with van der Waals surface area (Å²) in [6.07, 6.45) is 0.902. The Kier molecular flexibility index (Phi) is 5.07. The fourth-order valence-electron chi connectivity index (χ4n) is 1.21. The van der Waals surface area contributed by atoms with Gasteiger partial charge >= 0.3 is 6.18 Å². The monoisotopic (exact) mass is 244 g/mol. The van der Waals surface area contributed by atoms with Gasteiger partial charge in [-0.3, -0.25) is 0 Å². The molecule has 0 atom stereocenters. The van der Waals surface area contributed by atoms with Crippen molar-refractivity contribution in [2.24, 2.45) is 0 Å². The van der Waals surface area contributed by atoms with E-state index < -0.39 is 11.7 Å². The molecule has 1 nitrogen and oxygen atoms in total. The van der Waals surface area contributed by atoms with Gasteiger partial charge in [-0.1, -0.05) is 25.5 Å². The maximum Gasteiger partial charge on any atom is 0.416 e. The molecule has 0 N–H and O–H groups in total. The summed E-state index contributed by atoms with van der Waals surface area (Å²) in [6, 6.07) is 4.96. The minimum atomic E-state index is -4.28. The van der Waals surface area contributed by atoms with Crippen molar-refractivity contribution in [2.45, 2.75) is 25.9 Å². The SMILES string of the molecule is CCCCO/C=C/c1ccc(C(F)(F)F)cc1. The summed E-state index contributed by atoms with van der Waals surface area (Å²) < 4.78 is 42.0. The highest BCUT2D eigenvalue weighted by atomic mass is 19.4. The van der Waals surface area contributed by atoms with Crippen LogP contribution in [0.5, 0.6) is 0 Å². The summed E-state index contributed by atoms with van der Waals surface area (Å²) in [5, 5.41) is 0. The summed E-state index contributed by atoms with van der Waals surface area (Å²) in [4.78, 5) is 0. The fourth-order valence-corrected chi connectivity index (χ4v) is 1.21. The molecular weight excluding hydrogens is 229 g/mol. The first-order valence-corrected chi connectivity index (χ1v) is 5.49. The third-order valence-electron chi connectivity index (χ3n) is 2.21. The topological polar surface area (TPSA) is 9.23 Å². The van der Waals surface area contributed by atoms with Crippen LogP contribution in [0.1, 0.15) is 30.9 Å². The lowest BCUT2D eigenvalue weighted by molar-refractivity contribution is -0.137. The van der Waals surface area contributed by atoms with Gasteiger partial charge in [0.15, 0.2) is 0 Å². The van der Waals surface area contributed by atoms with Crippen LogP contribution in [-0.2, 0) is 10.9 Å². The lowest BCUT2D eigenvalue weighted by Crippen LogP contribution is -2.03. The van der Waals surface area contributed by atoms with Crippen molar-refractivity contribution in [1.29, 1.82) is 0 Å². The van der Waals surface area contributed by atoms with Crippen molar-refractivity contribution in [2.75, 3.05) is 6.61 Å². The first-order chi connectivity index (χ1) is 8.04. The van der Waals surface area contributed by atoms with Crippen molar-refractivity contribution >= 4 is 6.08 Å². The second-order valence-electron chi connectivity index (χ2n) is 3.65. The first kappa shape index (κ1) is 13.6. The fraction of sp³-hybridized carbons (Fsp3) is 0.385. The number of hydrogen-bond donors (Lipinski definition) is 0. The molecule has 0 aliphatic heterocycles. The largest absolute Gasteiger partial charge is 0.501 e. The summed E-state index contributed by atoms with van der Waals surface area (Å²) in [7, 11) is 0. The van der Waals surface area contributed by atoms with Gasteiger partial charge < -0.3 is 4.74 Å². The highest BCUT2D eigenvalue weighted by Crippen LogP contribution is 2.29. The zero-order valence-electron chi connectivity index (χ0n) is 9.63. The van der Waals surface area contributed by atoms with Crippen molar-refractivity contribution in [3.63, 3.8) is 0 Å². The predicted molar refractivity (Wildman–Crippen MR) is 61.3 cm³/mol. The van der Waals surface area contributed by atoms with Gasteiger partial charge in [0.1, 0.15) is 0 Å². The maximum atomic E-state index is 12.3. The second kappa shape index (κ2) is 6.33. The summed E-state index contributed by atoms with van der Waals surface area (Å²) in [6.45, 7) is 2.69. The Bertz CT molecular complexity index is 352. The predicted octanol–water partition coefficient (Wildman–Crippen LogP) is 4.49. The Morgan fingerprint density at radius 2 is 1.82 bits per heavy atom. The van der Waals surface area contributed by atoms with Crippen LogP contribution in [0.2, 0.25) is 0 Å². The standard InChI is InChI=1S/C13H15F3O/c1-2-3-9-17-10-8-11-4-6-12(7-5-11)13(14,15)16/h4-8,10H,2-3,9H2,1H3/b10-8+. The van der Waals surface area contributed by atoms with Gasteiger partial charge in [-0.2, -0.15) is 13.2 Å². The Hall–Kier alpha value is -1.45. The van der Waals surface area contributed by atoms with Crippen LogP contribution in [0.3, 0.4) is 0 Å². The van der Waals surface area contributed by atoms with Crippen molar-refractivity contribution in [3.8, 4) is 0 Å². The van der Waals surface area contributed by atoms with Gasteiger partial charge in [-0.05, 0) is 30.2 Å². The van der Waals surface area contributed by atoms with E-state index in [0.29, 0.717) is 12.2 Å². The minimum Gasteiger partial charge on any atom is -0.501 e. The van der Waals surface area contributed by atoms with E-state index in [1.165, 1.54) is 18.4 Å². The van der Waals surface area contributed by atoms with Gasteiger partial charge in [-0.15, -0.1) is 0 Å². The second-order valence-corrected chi connectivity index (χ2v) is 3.65. The summed E-state index contributed by atoms with van der Waals surface area (Å²) in [5.74, 6) is 0. The van der Waals surface area contributed by atoms with Crippen molar-refractivity contribution in [3.05, 3.63) is 41.7 Å². The molecule has 0 aliphatic carbocycles. The van der Waals surface area contributed by atoms with E-state index in [9.17, 15) is 13.2 Å². The number of benzene rings is 1. The van der Waals surface area contributed by atoms with Gasteiger partial charge in [0.2, 0.25) is 0 Å². The number of hydrogen-bond acceptors (Lipinski definition) is 1. The Morgan fingerprint density at radius 1 is 1.18 bits per heavy atom. The van der Waals surface area contributed by atoms with E-state index in [4.69, 9.17) is 4.74 Å². The van der Waals surface area contributed by atoms with E-state index in [0.717, 1.165) is 25.0 Å². The molecule has 0 fully saturated rings. The molecule has 0 aromatic heterocycles. The van der Waals surface area contributed by atoms with Crippen LogP contribution in [0.15, 0.2) is 30.5 Å². The highest BCUT2D eigenvalue weighted by Gasteiger charge is 2.29. The molecule has 94 valence electrons. The van der Waals surface area contributed by atoms with Gasteiger partial charge in [0.05, 0.1) is 18.4 Å². The van der Waals surface area contributed by atoms with Crippen LogP contribution in [-0.4, -0.2) is 6.61 Å². The Labute approximate surface area is 98.9 Å². The Morgan fingerprint density at radius 3 is 2.35 bits per heavy atom. The number of rotatable bonds is 5. The van der Waals surface area contributed by atoms with Gasteiger partial charge in [0, 0.05) is 0 Å². The van der Waals surface area contributed by atoms with E-state index in [1.807, 2.05) is 0 Å². The molecule has 0 saturated carbocycles. The quantitative estimate of drug-likeness (QED) is 0.547. The molecule has 0 radical (unpaired) electrons. The maximum absolute atomic E-state index is 12.3. The first-order valence-electron chi connectivity index (χ1n) is 5.49. The highest BCUT2D eigenvalue weighted by molar-refractivity contribution is 5.48. The van der Waals surface area contributed by atoms with Crippen molar-refractivity contribution < 1.29 is 17.9 Å². The van der Waals surface area contributed by atoms with Crippen LogP contribution < -0.4 is 0 Å². The molecule has 4 heteroatoms. The summed E-state index contributed by atoms with van der Waals surface area (Å²) >= 11 is 0. The third-order valence-corrected chi connectivity index (χ3v) is 2.21. The van der Waals surface area contributed by atoms with Crippen LogP contribution in [0, 0.1) is 0 Å². The smallest absolute Gasteiger partial charge is 0.416 e. The molecule has 17 heavy (non-hydrogen) atoms. The van der Waals surface area contributed by atoms with E-state index in [-0.39, 0.29) is 0 Å². The van der Waals surface area contributed by atoms with E-state index in [2.05, 4.69) is 6.92 Å². The molecular formula is C13H15F3O. The van der Waals surface area contributed by atoms with Crippen molar-refractivity contribution in [1.82, 2.24) is 0 Å². The molecule has 0 amide bonds. The van der Waals surface area contributed by atoms with E-state index in [1.54, 1.807) is 6.08 Å². The third kappa shape index (κ3) is 4.93. The molecule has 1 aromatic carbocycles. The average molecular weight is 244 g/mol. The van der Waals surface area contributed by atoms with Crippen LogP contribution in [0.4, 0.5) is 13.2 Å². The normalized spacial score (nSPS) is 12.0.